The Morgan fingerprint density at radius 2 is 2.27 bits per heavy atom. The molecule has 11 heavy (non-hydrogen) atoms. The van der Waals surface area contributed by atoms with Crippen LogP contribution < -0.4 is 5.44 Å². The van der Waals surface area contributed by atoms with Crippen LogP contribution in [0, 0.1) is 5.92 Å². The first kappa shape index (κ1) is 8.67. The molecule has 1 heterocycles. The summed E-state index contributed by atoms with van der Waals surface area (Å²) in [5.74, 6) is 0.787. The van der Waals surface area contributed by atoms with Gasteiger partial charge in [-0.2, -0.15) is 0 Å². The summed E-state index contributed by atoms with van der Waals surface area (Å²) < 4.78 is 0. The van der Waals surface area contributed by atoms with E-state index in [9.17, 15) is 0 Å². The molecule has 1 rings (SSSR count). The summed E-state index contributed by atoms with van der Waals surface area (Å²) in [7, 11) is 0.874. The lowest BCUT2D eigenvalue weighted by Gasteiger charge is -2.02. The van der Waals surface area contributed by atoms with Crippen molar-refractivity contribution in [1.82, 2.24) is 4.98 Å². The Labute approximate surface area is 70.0 Å². The fraction of sp³-hybridized carbons (Fsp3) is 0.444. The summed E-state index contributed by atoms with van der Waals surface area (Å²) in [5, 5.41) is 0. The molecule has 1 atom stereocenters. The van der Waals surface area contributed by atoms with Crippen LogP contribution in [0.15, 0.2) is 24.4 Å². The second kappa shape index (κ2) is 4.46. The lowest BCUT2D eigenvalue weighted by molar-refractivity contribution is 0.749. The monoisotopic (exact) mass is 167 g/mol. The van der Waals surface area contributed by atoms with Crippen molar-refractivity contribution in [2.75, 3.05) is 6.16 Å². The predicted molar refractivity (Wildman–Crippen MR) is 51.9 cm³/mol. The summed E-state index contributed by atoms with van der Waals surface area (Å²) >= 11 is 0. The number of aromatic nitrogens is 1. The topological polar surface area (TPSA) is 12.9 Å². The van der Waals surface area contributed by atoms with Crippen molar-refractivity contribution in [1.29, 1.82) is 0 Å². The molecule has 0 spiro atoms. The molecule has 1 nitrogen and oxygen atoms in total. The van der Waals surface area contributed by atoms with Crippen LogP contribution in [0.3, 0.4) is 0 Å². The third-order valence-electron chi connectivity index (χ3n) is 1.36. The first-order chi connectivity index (χ1) is 5.29. The molecular formula is C9H14NP. The largest absolute Gasteiger partial charge is 0.257 e. The van der Waals surface area contributed by atoms with Crippen LogP contribution in [0.1, 0.15) is 13.8 Å². The van der Waals surface area contributed by atoms with E-state index in [4.69, 9.17) is 0 Å². The molecule has 1 aromatic rings. The lowest BCUT2D eigenvalue weighted by Crippen LogP contribution is -2.02. The lowest BCUT2D eigenvalue weighted by atomic mass is 10.3. The summed E-state index contributed by atoms with van der Waals surface area (Å²) in [6.45, 7) is 4.49. The van der Waals surface area contributed by atoms with Crippen LogP contribution in [-0.4, -0.2) is 11.1 Å². The van der Waals surface area contributed by atoms with Gasteiger partial charge in [0.15, 0.2) is 0 Å². The highest BCUT2D eigenvalue weighted by Gasteiger charge is 1.95. The first-order valence-corrected chi connectivity index (χ1v) is 5.14. The Bertz CT molecular complexity index is 196. The highest BCUT2D eigenvalue weighted by Crippen LogP contribution is 2.12. The van der Waals surface area contributed by atoms with Gasteiger partial charge in [0.05, 0.1) is 5.44 Å². The van der Waals surface area contributed by atoms with Gasteiger partial charge in [0, 0.05) is 6.20 Å². The number of hydrogen-bond donors (Lipinski definition) is 0. The van der Waals surface area contributed by atoms with E-state index in [1.807, 2.05) is 12.3 Å². The van der Waals surface area contributed by atoms with Gasteiger partial charge in [-0.3, -0.25) is 4.98 Å². The van der Waals surface area contributed by atoms with Crippen LogP contribution in [0.5, 0.6) is 0 Å². The van der Waals surface area contributed by atoms with Crippen molar-refractivity contribution in [3.8, 4) is 0 Å². The molecule has 0 saturated heterocycles. The SMILES string of the molecule is CC(C)CPc1ccccn1. The zero-order chi connectivity index (χ0) is 8.10. The number of nitrogens with zero attached hydrogens (tertiary/aromatic N) is 1. The quantitative estimate of drug-likeness (QED) is 0.628. The van der Waals surface area contributed by atoms with E-state index in [-0.39, 0.29) is 0 Å². The fourth-order valence-electron chi connectivity index (χ4n) is 0.776. The van der Waals surface area contributed by atoms with Gasteiger partial charge in [-0.15, -0.1) is 0 Å². The maximum absolute atomic E-state index is 4.26. The van der Waals surface area contributed by atoms with Crippen LogP contribution in [0.2, 0.25) is 0 Å². The van der Waals surface area contributed by atoms with E-state index < -0.39 is 0 Å². The zero-order valence-electron chi connectivity index (χ0n) is 7.04. The normalized spacial score (nSPS) is 11.5. The molecule has 0 aliphatic carbocycles. The molecule has 0 fully saturated rings. The van der Waals surface area contributed by atoms with Crippen molar-refractivity contribution in [3.63, 3.8) is 0 Å². The van der Waals surface area contributed by atoms with Crippen molar-refractivity contribution >= 4 is 14.0 Å². The summed E-state index contributed by atoms with van der Waals surface area (Å²) in [4.78, 5) is 4.26. The Morgan fingerprint density at radius 1 is 1.45 bits per heavy atom. The van der Waals surface area contributed by atoms with Gasteiger partial charge in [0.1, 0.15) is 0 Å². The van der Waals surface area contributed by atoms with Gasteiger partial charge in [-0.1, -0.05) is 28.5 Å². The summed E-state index contributed by atoms with van der Waals surface area (Å²) in [6.07, 6.45) is 3.12. The highest BCUT2D eigenvalue weighted by atomic mass is 31.1. The van der Waals surface area contributed by atoms with Gasteiger partial charge < -0.3 is 0 Å². The van der Waals surface area contributed by atoms with Crippen LogP contribution in [-0.2, 0) is 0 Å². The predicted octanol–water partition coefficient (Wildman–Crippen LogP) is 2.04. The molecule has 0 amide bonds. The van der Waals surface area contributed by atoms with E-state index >= 15 is 0 Å². The second-order valence-electron chi connectivity index (χ2n) is 2.99. The molecule has 1 unspecified atom stereocenters. The first-order valence-electron chi connectivity index (χ1n) is 3.94. The maximum Gasteiger partial charge on any atom is 0.0600 e. The Hall–Kier alpha value is -0.420. The van der Waals surface area contributed by atoms with E-state index in [0.29, 0.717) is 0 Å². The minimum atomic E-state index is 0.787. The molecule has 0 N–H and O–H groups in total. The zero-order valence-corrected chi connectivity index (χ0v) is 8.04. The molecule has 2 heteroatoms. The van der Waals surface area contributed by atoms with Crippen molar-refractivity contribution in [3.05, 3.63) is 24.4 Å². The minimum Gasteiger partial charge on any atom is -0.257 e. The van der Waals surface area contributed by atoms with Gasteiger partial charge in [-0.25, -0.2) is 0 Å². The number of hydrogen-bond acceptors (Lipinski definition) is 1. The molecule has 0 saturated carbocycles. The second-order valence-corrected chi connectivity index (χ2v) is 4.26. The Balaban J connectivity index is 2.39. The molecule has 1 aromatic heterocycles. The molecule has 0 aromatic carbocycles. The van der Waals surface area contributed by atoms with Gasteiger partial charge >= 0.3 is 0 Å². The maximum atomic E-state index is 4.26. The minimum absolute atomic E-state index is 0.787. The molecule has 0 aliphatic heterocycles. The van der Waals surface area contributed by atoms with E-state index in [1.165, 1.54) is 11.6 Å². The Kier molecular flexibility index (Phi) is 3.51. The van der Waals surface area contributed by atoms with Crippen molar-refractivity contribution in [2.45, 2.75) is 13.8 Å². The van der Waals surface area contributed by atoms with Crippen LogP contribution in [0.25, 0.3) is 0 Å². The van der Waals surface area contributed by atoms with E-state index in [2.05, 4.69) is 31.0 Å². The molecule has 0 aliphatic rings. The fourth-order valence-corrected chi connectivity index (χ4v) is 1.77. The molecule has 60 valence electrons. The third-order valence-corrected chi connectivity index (χ3v) is 3.03. The third kappa shape index (κ3) is 3.48. The average molecular weight is 167 g/mol. The van der Waals surface area contributed by atoms with Crippen LogP contribution >= 0.6 is 8.58 Å². The van der Waals surface area contributed by atoms with Gasteiger partial charge in [0.25, 0.3) is 0 Å². The number of rotatable bonds is 3. The van der Waals surface area contributed by atoms with Gasteiger partial charge in [-0.05, 0) is 24.2 Å². The van der Waals surface area contributed by atoms with Crippen LogP contribution in [0.4, 0.5) is 0 Å². The molecule has 0 bridgehead atoms. The summed E-state index contributed by atoms with van der Waals surface area (Å²) in [5.41, 5.74) is 1.24. The smallest absolute Gasteiger partial charge is 0.0600 e. The van der Waals surface area contributed by atoms with E-state index in [0.717, 1.165) is 14.5 Å². The summed E-state index contributed by atoms with van der Waals surface area (Å²) in [6, 6.07) is 6.11. The standard InChI is InChI=1S/C9H14NP/c1-8(2)7-11-9-5-3-4-6-10-9/h3-6,8,11H,7H2,1-2H3. The van der Waals surface area contributed by atoms with E-state index in [1.54, 1.807) is 0 Å². The average Bonchev–Trinajstić information content (AvgIpc) is 2.03. The molecule has 0 radical (unpaired) electrons. The van der Waals surface area contributed by atoms with Crippen molar-refractivity contribution < 1.29 is 0 Å². The Morgan fingerprint density at radius 3 is 2.82 bits per heavy atom. The molecular weight excluding hydrogens is 153 g/mol. The van der Waals surface area contributed by atoms with Crippen molar-refractivity contribution in [2.24, 2.45) is 5.92 Å². The highest BCUT2D eigenvalue weighted by molar-refractivity contribution is 7.46. The number of pyridine rings is 1. The van der Waals surface area contributed by atoms with Gasteiger partial charge in [0.2, 0.25) is 0 Å².